The molecule has 2 heterocycles. The van der Waals surface area contributed by atoms with Crippen LogP contribution in [0.15, 0.2) is 12.1 Å². The number of aryl methyl sites for hydroxylation is 2. The molecular formula is C14H18ClN3. The van der Waals surface area contributed by atoms with E-state index in [1.807, 2.05) is 12.1 Å². The minimum atomic E-state index is 0.488. The maximum atomic E-state index is 6.20. The summed E-state index contributed by atoms with van der Waals surface area (Å²) < 4.78 is 2.21. The van der Waals surface area contributed by atoms with Crippen LogP contribution in [0, 0.1) is 12.8 Å². The van der Waals surface area contributed by atoms with Gasteiger partial charge in [0.05, 0.1) is 11.0 Å². The van der Waals surface area contributed by atoms with Crippen LogP contribution in [0.5, 0.6) is 0 Å². The summed E-state index contributed by atoms with van der Waals surface area (Å²) in [6.45, 7) is 6.53. The lowest BCUT2D eigenvalue weighted by atomic mass is 9.88. The molecule has 4 heteroatoms. The first-order valence-corrected chi connectivity index (χ1v) is 6.79. The van der Waals surface area contributed by atoms with Gasteiger partial charge in [-0.2, -0.15) is 0 Å². The van der Waals surface area contributed by atoms with Crippen molar-refractivity contribution >= 4 is 22.6 Å². The van der Waals surface area contributed by atoms with Gasteiger partial charge in [0, 0.05) is 18.0 Å². The number of benzene rings is 1. The van der Waals surface area contributed by atoms with E-state index in [4.69, 9.17) is 16.6 Å². The average Bonchev–Trinajstić information content (AvgIpc) is 2.59. The Morgan fingerprint density at radius 2 is 2.17 bits per heavy atom. The topological polar surface area (TPSA) is 29.9 Å². The number of fused-ring (bicyclic) bond motifs is 1. The molecule has 0 bridgehead atoms. The minimum Gasteiger partial charge on any atom is -0.331 e. The highest BCUT2D eigenvalue weighted by molar-refractivity contribution is 6.32. The van der Waals surface area contributed by atoms with Gasteiger partial charge in [-0.25, -0.2) is 4.98 Å². The second-order valence-corrected chi connectivity index (χ2v) is 5.68. The van der Waals surface area contributed by atoms with E-state index in [-0.39, 0.29) is 0 Å². The highest BCUT2D eigenvalue weighted by Gasteiger charge is 2.28. The van der Waals surface area contributed by atoms with Gasteiger partial charge >= 0.3 is 0 Å². The Bertz CT molecular complexity index is 599. The Balaban J connectivity index is 2.13. The van der Waals surface area contributed by atoms with E-state index >= 15 is 0 Å². The quantitative estimate of drug-likeness (QED) is 0.903. The number of hydrogen-bond acceptors (Lipinski definition) is 2. The zero-order chi connectivity index (χ0) is 12.9. The molecule has 1 aromatic carbocycles. The standard InChI is InChI=1S/C14H18ClN3/c1-8(10-6-16-7-10)14-17-12-5-4-11(15)9(2)13(12)18(14)3/h4-5,8,10,16H,6-7H2,1-3H3. The Morgan fingerprint density at radius 1 is 1.44 bits per heavy atom. The predicted molar refractivity (Wildman–Crippen MR) is 75.2 cm³/mol. The fourth-order valence-corrected chi connectivity index (χ4v) is 2.92. The van der Waals surface area contributed by atoms with Crippen molar-refractivity contribution in [2.45, 2.75) is 19.8 Å². The summed E-state index contributed by atoms with van der Waals surface area (Å²) in [4.78, 5) is 4.79. The molecule has 1 atom stereocenters. The molecule has 1 fully saturated rings. The Kier molecular flexibility index (Phi) is 2.83. The van der Waals surface area contributed by atoms with Gasteiger partial charge in [-0.15, -0.1) is 0 Å². The fourth-order valence-electron chi connectivity index (χ4n) is 2.77. The number of hydrogen-bond donors (Lipinski definition) is 1. The number of nitrogens with zero attached hydrogens (tertiary/aromatic N) is 2. The van der Waals surface area contributed by atoms with Crippen molar-refractivity contribution in [3.8, 4) is 0 Å². The summed E-state index contributed by atoms with van der Waals surface area (Å²) >= 11 is 6.20. The van der Waals surface area contributed by atoms with Gasteiger partial charge < -0.3 is 9.88 Å². The van der Waals surface area contributed by atoms with Crippen LogP contribution in [0.25, 0.3) is 11.0 Å². The summed E-state index contributed by atoms with van der Waals surface area (Å²) in [5, 5.41) is 4.14. The van der Waals surface area contributed by atoms with Crippen LogP contribution in [-0.4, -0.2) is 22.6 Å². The number of nitrogens with one attached hydrogen (secondary N) is 1. The highest BCUT2D eigenvalue weighted by Crippen LogP contribution is 2.31. The highest BCUT2D eigenvalue weighted by atomic mass is 35.5. The molecule has 1 aromatic heterocycles. The molecule has 1 aliphatic heterocycles. The number of halogens is 1. The normalized spacial score (nSPS) is 18.0. The molecule has 0 aliphatic carbocycles. The molecule has 1 N–H and O–H groups in total. The molecule has 1 saturated heterocycles. The molecule has 0 amide bonds. The van der Waals surface area contributed by atoms with E-state index < -0.39 is 0 Å². The first-order chi connectivity index (χ1) is 8.59. The Hall–Kier alpha value is -1.06. The lowest BCUT2D eigenvalue weighted by Gasteiger charge is -2.32. The molecule has 3 nitrogen and oxygen atoms in total. The van der Waals surface area contributed by atoms with E-state index in [2.05, 4.69) is 30.8 Å². The molecule has 0 saturated carbocycles. The van der Waals surface area contributed by atoms with Crippen LogP contribution in [0.1, 0.15) is 24.2 Å². The van der Waals surface area contributed by atoms with Crippen LogP contribution >= 0.6 is 11.6 Å². The summed E-state index contributed by atoms with van der Waals surface area (Å²) in [7, 11) is 2.09. The first kappa shape index (κ1) is 12.0. The largest absolute Gasteiger partial charge is 0.331 e. The summed E-state index contributed by atoms with van der Waals surface area (Å²) in [5.41, 5.74) is 3.33. The zero-order valence-electron chi connectivity index (χ0n) is 11.0. The molecule has 1 aliphatic rings. The number of imidazole rings is 1. The SMILES string of the molecule is Cc1c(Cl)ccc2nc(C(C)C3CNC3)n(C)c12. The molecular weight excluding hydrogens is 246 g/mol. The number of rotatable bonds is 2. The van der Waals surface area contributed by atoms with E-state index in [9.17, 15) is 0 Å². The van der Waals surface area contributed by atoms with Crippen LogP contribution < -0.4 is 5.32 Å². The third-order valence-corrected chi connectivity index (χ3v) is 4.59. The minimum absolute atomic E-state index is 0.488. The third-order valence-electron chi connectivity index (χ3n) is 4.19. The Morgan fingerprint density at radius 3 is 2.78 bits per heavy atom. The van der Waals surface area contributed by atoms with Crippen LogP contribution in [0.2, 0.25) is 5.02 Å². The molecule has 1 unspecified atom stereocenters. The maximum absolute atomic E-state index is 6.20. The molecule has 3 rings (SSSR count). The molecule has 0 spiro atoms. The molecule has 2 aromatic rings. The van der Waals surface area contributed by atoms with Gasteiger partial charge in [0.25, 0.3) is 0 Å². The third kappa shape index (κ3) is 1.65. The van der Waals surface area contributed by atoms with Crippen LogP contribution in [-0.2, 0) is 7.05 Å². The van der Waals surface area contributed by atoms with Gasteiger partial charge in [-0.3, -0.25) is 0 Å². The van der Waals surface area contributed by atoms with Crippen molar-refractivity contribution in [2.24, 2.45) is 13.0 Å². The van der Waals surface area contributed by atoms with E-state index in [0.717, 1.165) is 34.7 Å². The lowest BCUT2D eigenvalue weighted by Crippen LogP contribution is -2.45. The predicted octanol–water partition coefficient (Wildman–Crippen LogP) is 2.86. The zero-order valence-corrected chi connectivity index (χ0v) is 11.8. The van der Waals surface area contributed by atoms with Crippen molar-refractivity contribution in [1.82, 2.24) is 14.9 Å². The van der Waals surface area contributed by atoms with E-state index in [1.165, 1.54) is 5.82 Å². The van der Waals surface area contributed by atoms with Crippen molar-refractivity contribution in [1.29, 1.82) is 0 Å². The van der Waals surface area contributed by atoms with E-state index in [1.54, 1.807) is 0 Å². The molecule has 18 heavy (non-hydrogen) atoms. The monoisotopic (exact) mass is 263 g/mol. The smallest absolute Gasteiger partial charge is 0.112 e. The summed E-state index contributed by atoms with van der Waals surface area (Å²) in [6, 6.07) is 3.95. The van der Waals surface area contributed by atoms with Gasteiger partial charge in [0.2, 0.25) is 0 Å². The van der Waals surface area contributed by atoms with Crippen molar-refractivity contribution in [2.75, 3.05) is 13.1 Å². The van der Waals surface area contributed by atoms with Gasteiger partial charge in [-0.1, -0.05) is 18.5 Å². The second-order valence-electron chi connectivity index (χ2n) is 5.28. The molecule has 96 valence electrons. The van der Waals surface area contributed by atoms with Crippen molar-refractivity contribution in [3.63, 3.8) is 0 Å². The average molecular weight is 264 g/mol. The lowest BCUT2D eigenvalue weighted by molar-refractivity contribution is 0.293. The van der Waals surface area contributed by atoms with Crippen LogP contribution in [0.4, 0.5) is 0 Å². The van der Waals surface area contributed by atoms with Crippen molar-refractivity contribution in [3.05, 3.63) is 28.5 Å². The Labute approximate surface area is 112 Å². The van der Waals surface area contributed by atoms with E-state index in [0.29, 0.717) is 11.8 Å². The van der Waals surface area contributed by atoms with Crippen LogP contribution in [0.3, 0.4) is 0 Å². The number of aromatic nitrogens is 2. The van der Waals surface area contributed by atoms with Gasteiger partial charge in [-0.05, 0) is 43.6 Å². The fraction of sp³-hybridized carbons (Fsp3) is 0.500. The first-order valence-electron chi connectivity index (χ1n) is 6.41. The van der Waals surface area contributed by atoms with Crippen molar-refractivity contribution < 1.29 is 0 Å². The maximum Gasteiger partial charge on any atom is 0.112 e. The van der Waals surface area contributed by atoms with Gasteiger partial charge in [0.1, 0.15) is 5.82 Å². The summed E-state index contributed by atoms with van der Waals surface area (Å²) in [5.74, 6) is 2.36. The molecule has 0 radical (unpaired) electrons. The van der Waals surface area contributed by atoms with Gasteiger partial charge in [0.15, 0.2) is 0 Å². The second kappa shape index (κ2) is 4.25. The summed E-state index contributed by atoms with van der Waals surface area (Å²) in [6.07, 6.45) is 0.